The third kappa shape index (κ3) is 3.61. The molecule has 0 saturated carbocycles. The number of aliphatic hydroxyl groups excluding tert-OH is 1. The highest BCUT2D eigenvalue weighted by Crippen LogP contribution is 2.35. The second kappa shape index (κ2) is 8.56. The average Bonchev–Trinajstić information content (AvgIpc) is 3.65. The van der Waals surface area contributed by atoms with Gasteiger partial charge in [0.05, 0.1) is 56.5 Å². The predicted octanol–water partition coefficient (Wildman–Crippen LogP) is 1.19. The Morgan fingerprint density at radius 2 is 2.09 bits per heavy atom. The molecule has 1 amide bonds. The van der Waals surface area contributed by atoms with Crippen molar-refractivity contribution in [1.82, 2.24) is 29.5 Å². The van der Waals surface area contributed by atoms with E-state index in [4.69, 9.17) is 14.5 Å². The summed E-state index contributed by atoms with van der Waals surface area (Å²) >= 11 is 0. The smallest absolute Gasteiger partial charge is 0.257 e. The molecular formula is C23H24FN7O4. The van der Waals surface area contributed by atoms with Gasteiger partial charge < -0.3 is 29.8 Å². The summed E-state index contributed by atoms with van der Waals surface area (Å²) in [7, 11) is 1.75. The Labute approximate surface area is 198 Å². The summed E-state index contributed by atoms with van der Waals surface area (Å²) in [6.07, 6.45) is 3.05. The fraction of sp³-hybridized carbons (Fsp3) is 0.391. The van der Waals surface area contributed by atoms with Crippen LogP contribution in [0.15, 0.2) is 36.8 Å². The molecule has 0 aromatic carbocycles. The minimum Gasteiger partial charge on any atom is -0.388 e. The van der Waals surface area contributed by atoms with Crippen LogP contribution in [0.1, 0.15) is 16.4 Å². The lowest BCUT2D eigenvalue weighted by Crippen LogP contribution is -2.42. The summed E-state index contributed by atoms with van der Waals surface area (Å²) in [5.74, 6) is 0.208. The molecule has 4 aromatic heterocycles. The highest BCUT2D eigenvalue weighted by Gasteiger charge is 2.32. The van der Waals surface area contributed by atoms with Gasteiger partial charge in [-0.25, -0.2) is 14.4 Å². The summed E-state index contributed by atoms with van der Waals surface area (Å²) in [6, 6.07) is 4.56. The van der Waals surface area contributed by atoms with E-state index in [9.17, 15) is 14.3 Å². The summed E-state index contributed by atoms with van der Waals surface area (Å²) in [5, 5.41) is 21.0. The fourth-order valence-electron chi connectivity index (χ4n) is 4.68. The number of amides is 1. The summed E-state index contributed by atoms with van der Waals surface area (Å²) in [6.45, 7) is 0.726. The maximum atomic E-state index is 14.6. The van der Waals surface area contributed by atoms with Gasteiger partial charge in [0.15, 0.2) is 5.65 Å². The molecule has 12 heteroatoms. The van der Waals surface area contributed by atoms with Crippen molar-refractivity contribution in [3.05, 3.63) is 42.4 Å². The van der Waals surface area contributed by atoms with Crippen LogP contribution in [0.2, 0.25) is 0 Å². The second-order valence-electron chi connectivity index (χ2n) is 8.70. The molecule has 0 bridgehead atoms. The van der Waals surface area contributed by atoms with Gasteiger partial charge in [0, 0.05) is 36.5 Å². The Morgan fingerprint density at radius 1 is 1.23 bits per heavy atom. The summed E-state index contributed by atoms with van der Waals surface area (Å²) < 4.78 is 28.5. The van der Waals surface area contributed by atoms with Crippen LogP contribution in [0.5, 0.6) is 0 Å². The number of aliphatic hydroxyl groups is 1. The molecule has 35 heavy (non-hydrogen) atoms. The first-order chi connectivity index (χ1) is 17.0. The van der Waals surface area contributed by atoms with Crippen LogP contribution in [0.3, 0.4) is 0 Å². The van der Waals surface area contributed by atoms with Crippen LogP contribution in [0, 0.1) is 0 Å². The highest BCUT2D eigenvalue weighted by atomic mass is 19.1. The fourth-order valence-corrected chi connectivity index (χ4v) is 4.68. The van der Waals surface area contributed by atoms with Crippen LogP contribution >= 0.6 is 0 Å². The SMILES string of the molecule is CNc1cc(-c2cn([C@H]3COC[C@H]3F)c3ncccc23)nc2c(C(=O)N[C@H]3COC[C@H]3O)cnn12. The predicted molar refractivity (Wildman–Crippen MR) is 124 cm³/mol. The number of aromatic nitrogens is 5. The van der Waals surface area contributed by atoms with Crippen LogP contribution in [-0.2, 0) is 9.47 Å². The van der Waals surface area contributed by atoms with Crippen molar-refractivity contribution >= 4 is 28.4 Å². The van der Waals surface area contributed by atoms with Gasteiger partial charge in [-0.05, 0) is 12.1 Å². The van der Waals surface area contributed by atoms with Gasteiger partial charge in [0.2, 0.25) is 0 Å². The number of hydrogen-bond donors (Lipinski definition) is 3. The van der Waals surface area contributed by atoms with Crippen molar-refractivity contribution in [2.75, 3.05) is 38.8 Å². The number of pyridine rings is 1. The monoisotopic (exact) mass is 481 g/mol. The van der Waals surface area contributed by atoms with Crippen LogP contribution < -0.4 is 10.6 Å². The molecule has 182 valence electrons. The van der Waals surface area contributed by atoms with E-state index in [-0.39, 0.29) is 32.0 Å². The third-order valence-corrected chi connectivity index (χ3v) is 6.55. The third-order valence-electron chi connectivity index (χ3n) is 6.55. The maximum Gasteiger partial charge on any atom is 0.257 e. The number of halogens is 1. The molecule has 6 heterocycles. The molecule has 3 N–H and O–H groups in total. The zero-order valence-corrected chi connectivity index (χ0v) is 18.9. The molecule has 0 unspecified atom stereocenters. The number of carbonyl (C=O) groups excluding carboxylic acids is 1. The zero-order valence-electron chi connectivity index (χ0n) is 18.9. The normalized spacial score (nSPS) is 24.4. The van der Waals surface area contributed by atoms with E-state index in [0.29, 0.717) is 22.8 Å². The molecule has 6 rings (SSSR count). The van der Waals surface area contributed by atoms with Gasteiger partial charge in [0.1, 0.15) is 23.2 Å². The Bertz CT molecular complexity index is 1420. The average molecular weight is 481 g/mol. The Morgan fingerprint density at radius 3 is 2.83 bits per heavy atom. The van der Waals surface area contributed by atoms with Gasteiger partial charge >= 0.3 is 0 Å². The summed E-state index contributed by atoms with van der Waals surface area (Å²) in [4.78, 5) is 22.3. The van der Waals surface area contributed by atoms with Gasteiger partial charge in [0.25, 0.3) is 5.91 Å². The van der Waals surface area contributed by atoms with Gasteiger partial charge in [-0.3, -0.25) is 4.79 Å². The Balaban J connectivity index is 1.47. The molecule has 2 aliphatic rings. The molecule has 0 spiro atoms. The van der Waals surface area contributed by atoms with Gasteiger partial charge in [-0.2, -0.15) is 9.61 Å². The Kier molecular flexibility index (Phi) is 5.35. The Hall–Kier alpha value is -3.61. The van der Waals surface area contributed by atoms with E-state index in [1.165, 1.54) is 6.20 Å². The zero-order chi connectivity index (χ0) is 24.1. The summed E-state index contributed by atoms with van der Waals surface area (Å²) in [5.41, 5.74) is 2.56. The van der Waals surface area contributed by atoms with E-state index >= 15 is 0 Å². The first-order valence-corrected chi connectivity index (χ1v) is 11.4. The highest BCUT2D eigenvalue weighted by molar-refractivity contribution is 6.01. The van der Waals surface area contributed by atoms with Crippen molar-refractivity contribution in [3.8, 4) is 11.3 Å². The molecule has 4 aromatic rings. The van der Waals surface area contributed by atoms with E-state index < -0.39 is 30.3 Å². The van der Waals surface area contributed by atoms with Crippen molar-refractivity contribution in [2.45, 2.75) is 24.4 Å². The molecule has 2 saturated heterocycles. The quantitative estimate of drug-likeness (QED) is 0.388. The lowest BCUT2D eigenvalue weighted by atomic mass is 10.1. The molecule has 0 aliphatic carbocycles. The number of rotatable bonds is 5. The number of carbonyl (C=O) groups is 1. The molecule has 4 atom stereocenters. The first-order valence-electron chi connectivity index (χ1n) is 11.4. The minimum absolute atomic E-state index is 0.0512. The maximum absolute atomic E-state index is 14.6. The molecule has 0 radical (unpaired) electrons. The number of nitrogens with one attached hydrogen (secondary N) is 2. The number of hydrogen-bond acceptors (Lipinski definition) is 8. The van der Waals surface area contributed by atoms with Crippen LogP contribution in [-0.4, -0.2) is 87.0 Å². The topological polar surface area (TPSA) is 128 Å². The molecule has 11 nitrogen and oxygen atoms in total. The largest absolute Gasteiger partial charge is 0.388 e. The first kappa shape index (κ1) is 21.9. The minimum atomic E-state index is -1.14. The number of nitrogens with zero attached hydrogens (tertiary/aromatic N) is 5. The van der Waals surface area contributed by atoms with E-state index in [1.54, 1.807) is 22.3 Å². The van der Waals surface area contributed by atoms with Crippen molar-refractivity contribution in [1.29, 1.82) is 0 Å². The van der Waals surface area contributed by atoms with Crippen molar-refractivity contribution in [2.24, 2.45) is 0 Å². The molecule has 2 fully saturated rings. The van der Waals surface area contributed by atoms with Crippen LogP contribution in [0.4, 0.5) is 10.2 Å². The standard InChI is InChI=1S/C23H24FN7O4/c1-25-20-5-16(14-7-30(18-10-34-8-15(18)24)21-12(14)3-2-4-26-21)28-22-13(6-27-31(20)22)23(33)29-17-9-35-11-19(17)32/h2-7,15,17-19,25,32H,8-11H2,1H3,(H,29,33)/t15-,17+,18+,19-/m1/s1. The second-order valence-corrected chi connectivity index (χ2v) is 8.70. The van der Waals surface area contributed by atoms with Gasteiger partial charge in [-0.15, -0.1) is 0 Å². The number of fused-ring (bicyclic) bond motifs is 2. The van der Waals surface area contributed by atoms with Gasteiger partial charge in [-0.1, -0.05) is 0 Å². The molecular weight excluding hydrogens is 457 g/mol. The van der Waals surface area contributed by atoms with Crippen molar-refractivity contribution in [3.63, 3.8) is 0 Å². The van der Waals surface area contributed by atoms with E-state index in [2.05, 4.69) is 20.7 Å². The lowest BCUT2D eigenvalue weighted by Gasteiger charge is -2.14. The van der Waals surface area contributed by atoms with Crippen molar-refractivity contribution < 1.29 is 23.8 Å². The lowest BCUT2D eigenvalue weighted by molar-refractivity contribution is 0.0888. The number of ether oxygens (including phenoxy) is 2. The van der Waals surface area contributed by atoms with E-state index in [0.717, 1.165) is 10.9 Å². The van der Waals surface area contributed by atoms with Crippen LogP contribution in [0.25, 0.3) is 27.9 Å². The number of anilines is 1. The molecule has 2 aliphatic heterocycles. The van der Waals surface area contributed by atoms with E-state index in [1.807, 2.05) is 24.4 Å². The number of alkyl halides is 1.